The zero-order chi connectivity index (χ0) is 17.1. The number of hydrogen-bond donors (Lipinski definition) is 2. The first-order valence-electron chi connectivity index (χ1n) is 8.78. The van der Waals surface area contributed by atoms with Crippen LogP contribution in [0.5, 0.6) is 0 Å². The van der Waals surface area contributed by atoms with Crippen LogP contribution in [-0.2, 0) is 4.79 Å². The minimum atomic E-state index is -0.258. The van der Waals surface area contributed by atoms with Gasteiger partial charge in [-0.15, -0.1) is 0 Å². The molecule has 0 saturated carbocycles. The number of halogens is 1. The van der Waals surface area contributed by atoms with E-state index in [9.17, 15) is 9.18 Å². The fourth-order valence-corrected chi connectivity index (χ4v) is 3.49. The lowest BCUT2D eigenvalue weighted by atomic mass is 10.0. The molecule has 5 nitrogen and oxygen atoms in total. The Labute approximate surface area is 143 Å². The van der Waals surface area contributed by atoms with Gasteiger partial charge in [0.25, 0.3) is 0 Å². The summed E-state index contributed by atoms with van der Waals surface area (Å²) in [6, 6.07) is 4.71. The van der Waals surface area contributed by atoms with E-state index in [1.54, 1.807) is 6.07 Å². The number of anilines is 1. The number of likely N-dealkylation sites (N-methyl/N-ethyl adjacent to an activating group) is 1. The Balaban J connectivity index is 1.75. The lowest BCUT2D eigenvalue weighted by Gasteiger charge is -2.36. The van der Waals surface area contributed by atoms with Gasteiger partial charge >= 0.3 is 0 Å². The topological polar surface area (TPSA) is 47.6 Å². The number of nitrogens with zero attached hydrogens (tertiary/aromatic N) is 2. The van der Waals surface area contributed by atoms with E-state index in [4.69, 9.17) is 0 Å². The van der Waals surface area contributed by atoms with Crippen LogP contribution in [0.3, 0.4) is 0 Å². The lowest BCUT2D eigenvalue weighted by molar-refractivity contribution is -0.125. The van der Waals surface area contributed by atoms with Gasteiger partial charge in [0.2, 0.25) is 5.91 Å². The van der Waals surface area contributed by atoms with Gasteiger partial charge in [-0.05, 0) is 45.1 Å². The Hall–Kier alpha value is -1.66. The summed E-state index contributed by atoms with van der Waals surface area (Å²) in [5.74, 6) is -0.180. The molecule has 2 atom stereocenters. The predicted molar refractivity (Wildman–Crippen MR) is 93.6 cm³/mol. The minimum Gasteiger partial charge on any atom is -0.369 e. The molecular formula is C18H27FN4O. The Morgan fingerprint density at radius 1 is 1.33 bits per heavy atom. The second-order valence-corrected chi connectivity index (χ2v) is 6.91. The SMILES string of the molecule is CC(NC(=O)C1CCNC1)c1cc(F)ccc1N1CCN(C)CC1. The zero-order valence-corrected chi connectivity index (χ0v) is 14.5. The maximum absolute atomic E-state index is 13.8. The number of nitrogens with one attached hydrogen (secondary N) is 2. The van der Waals surface area contributed by atoms with Crippen LogP contribution in [0.1, 0.15) is 24.9 Å². The van der Waals surface area contributed by atoms with Gasteiger partial charge in [0, 0.05) is 44.0 Å². The number of rotatable bonds is 4. The molecule has 1 aromatic carbocycles. The molecule has 2 fully saturated rings. The summed E-state index contributed by atoms with van der Waals surface area (Å²) in [4.78, 5) is 17.0. The molecule has 3 rings (SSSR count). The highest BCUT2D eigenvalue weighted by Gasteiger charge is 2.26. The van der Waals surface area contributed by atoms with Crippen LogP contribution >= 0.6 is 0 Å². The summed E-state index contributed by atoms with van der Waals surface area (Å²) in [6.07, 6.45) is 0.868. The van der Waals surface area contributed by atoms with Crippen molar-refractivity contribution in [1.82, 2.24) is 15.5 Å². The molecule has 0 aromatic heterocycles. The number of carbonyl (C=O) groups is 1. The van der Waals surface area contributed by atoms with Gasteiger partial charge in [-0.3, -0.25) is 4.79 Å². The van der Waals surface area contributed by atoms with Gasteiger partial charge in [0.05, 0.1) is 12.0 Å². The first-order chi connectivity index (χ1) is 11.5. The quantitative estimate of drug-likeness (QED) is 0.873. The number of hydrogen-bond acceptors (Lipinski definition) is 4. The van der Waals surface area contributed by atoms with E-state index in [0.717, 1.165) is 56.9 Å². The fraction of sp³-hybridized carbons (Fsp3) is 0.611. The Morgan fingerprint density at radius 3 is 2.75 bits per heavy atom. The van der Waals surface area contributed by atoms with Crippen molar-refractivity contribution in [2.75, 3.05) is 51.2 Å². The summed E-state index contributed by atoms with van der Waals surface area (Å²) >= 11 is 0. The third-order valence-corrected chi connectivity index (χ3v) is 5.09. The second kappa shape index (κ2) is 7.49. The van der Waals surface area contributed by atoms with Crippen molar-refractivity contribution >= 4 is 11.6 Å². The summed E-state index contributed by atoms with van der Waals surface area (Å²) in [5, 5.41) is 6.28. The van der Waals surface area contributed by atoms with Crippen LogP contribution in [0.2, 0.25) is 0 Å². The van der Waals surface area contributed by atoms with E-state index in [1.807, 2.05) is 13.0 Å². The van der Waals surface area contributed by atoms with Crippen molar-refractivity contribution in [2.45, 2.75) is 19.4 Å². The molecular weight excluding hydrogens is 307 g/mol. The number of benzene rings is 1. The molecule has 2 unspecified atom stereocenters. The van der Waals surface area contributed by atoms with Gasteiger partial charge in [0.15, 0.2) is 0 Å². The van der Waals surface area contributed by atoms with E-state index in [-0.39, 0.29) is 23.7 Å². The van der Waals surface area contributed by atoms with Crippen LogP contribution in [0, 0.1) is 11.7 Å². The van der Waals surface area contributed by atoms with Gasteiger partial charge in [-0.2, -0.15) is 0 Å². The third kappa shape index (κ3) is 3.87. The average Bonchev–Trinajstić information content (AvgIpc) is 3.10. The molecule has 24 heavy (non-hydrogen) atoms. The molecule has 1 amide bonds. The number of carbonyl (C=O) groups excluding carboxylic acids is 1. The van der Waals surface area contributed by atoms with Gasteiger partial charge in [-0.25, -0.2) is 4.39 Å². The van der Waals surface area contributed by atoms with Gasteiger partial charge in [-0.1, -0.05) is 0 Å². The van der Waals surface area contributed by atoms with Gasteiger partial charge < -0.3 is 20.4 Å². The van der Waals surface area contributed by atoms with Gasteiger partial charge in [0.1, 0.15) is 5.82 Å². The van der Waals surface area contributed by atoms with Crippen LogP contribution in [0.15, 0.2) is 18.2 Å². The maximum atomic E-state index is 13.8. The molecule has 6 heteroatoms. The Bertz CT molecular complexity index is 580. The van der Waals surface area contributed by atoms with Crippen molar-refractivity contribution in [2.24, 2.45) is 5.92 Å². The third-order valence-electron chi connectivity index (χ3n) is 5.09. The number of piperazine rings is 1. The van der Waals surface area contributed by atoms with Crippen molar-refractivity contribution in [3.8, 4) is 0 Å². The maximum Gasteiger partial charge on any atom is 0.224 e. The molecule has 0 aliphatic carbocycles. The first-order valence-corrected chi connectivity index (χ1v) is 8.78. The summed E-state index contributed by atoms with van der Waals surface area (Å²) in [7, 11) is 2.11. The van der Waals surface area contributed by atoms with E-state index >= 15 is 0 Å². The van der Waals surface area contributed by atoms with Crippen LogP contribution in [0.25, 0.3) is 0 Å². The standard InChI is InChI=1S/C18H27FN4O/c1-13(21-18(24)14-5-6-20-12-14)16-11-15(19)3-4-17(16)23-9-7-22(2)8-10-23/h3-4,11,13-14,20H,5-10,12H2,1-2H3,(H,21,24). The van der Waals surface area contributed by atoms with Crippen LogP contribution in [0.4, 0.5) is 10.1 Å². The van der Waals surface area contributed by atoms with Crippen molar-refractivity contribution in [3.05, 3.63) is 29.6 Å². The fourth-order valence-electron chi connectivity index (χ4n) is 3.49. The summed E-state index contributed by atoms with van der Waals surface area (Å²) < 4.78 is 13.8. The summed E-state index contributed by atoms with van der Waals surface area (Å²) in [5.41, 5.74) is 1.89. The molecule has 132 valence electrons. The van der Waals surface area contributed by atoms with Crippen LogP contribution < -0.4 is 15.5 Å². The molecule has 0 bridgehead atoms. The second-order valence-electron chi connectivity index (χ2n) is 6.91. The van der Waals surface area contributed by atoms with E-state index in [2.05, 4.69) is 27.5 Å². The molecule has 2 saturated heterocycles. The predicted octanol–water partition coefficient (Wildman–Crippen LogP) is 1.36. The largest absolute Gasteiger partial charge is 0.369 e. The van der Waals surface area contributed by atoms with Crippen LogP contribution in [-0.4, -0.2) is 57.1 Å². The van der Waals surface area contributed by atoms with Crippen molar-refractivity contribution in [3.63, 3.8) is 0 Å². The Morgan fingerprint density at radius 2 is 2.08 bits per heavy atom. The molecule has 1 aromatic rings. The summed E-state index contributed by atoms with van der Waals surface area (Å²) in [6.45, 7) is 7.38. The monoisotopic (exact) mass is 334 g/mol. The Kier molecular flexibility index (Phi) is 5.36. The molecule has 2 heterocycles. The highest BCUT2D eigenvalue weighted by Crippen LogP contribution is 2.28. The molecule has 2 N–H and O–H groups in total. The molecule has 0 radical (unpaired) electrons. The smallest absolute Gasteiger partial charge is 0.224 e. The molecule has 0 spiro atoms. The van der Waals surface area contributed by atoms with E-state index in [0.29, 0.717) is 0 Å². The van der Waals surface area contributed by atoms with Crippen molar-refractivity contribution in [1.29, 1.82) is 0 Å². The highest BCUT2D eigenvalue weighted by atomic mass is 19.1. The normalized spacial score (nSPS) is 23.3. The average molecular weight is 334 g/mol. The van der Waals surface area contributed by atoms with E-state index < -0.39 is 0 Å². The van der Waals surface area contributed by atoms with E-state index in [1.165, 1.54) is 6.07 Å². The zero-order valence-electron chi connectivity index (χ0n) is 14.5. The lowest BCUT2D eigenvalue weighted by Crippen LogP contribution is -2.45. The highest BCUT2D eigenvalue weighted by molar-refractivity contribution is 5.80. The first kappa shape index (κ1) is 17.2. The molecule has 2 aliphatic rings. The van der Waals surface area contributed by atoms with Crippen molar-refractivity contribution < 1.29 is 9.18 Å². The molecule has 2 aliphatic heterocycles. The number of amides is 1. The minimum absolute atomic E-state index is 0.0214.